The lowest BCUT2D eigenvalue weighted by atomic mass is 10.1. The van der Waals surface area contributed by atoms with Gasteiger partial charge in [0.05, 0.1) is 77.2 Å². The monoisotopic (exact) mass is 1780 g/mol. The Kier molecular flexibility index (Phi) is 23.1. The molecule has 0 spiro atoms. The number of aromatic amines is 6. The Morgan fingerprint density at radius 1 is 0.380 bits per heavy atom. The summed E-state index contributed by atoms with van der Waals surface area (Å²) in [6.45, 7) is -2.43. The lowest BCUT2D eigenvalue weighted by Crippen LogP contribution is -2.35. The average molecular weight is 1780 g/mol. The third-order valence-corrected chi connectivity index (χ3v) is 24.4. The van der Waals surface area contributed by atoms with Gasteiger partial charge in [0.15, 0.2) is 44.7 Å². The van der Waals surface area contributed by atoms with Crippen LogP contribution >= 0.6 is 31.3 Å². The zero-order valence-electron chi connectivity index (χ0n) is 62.4. The molecule has 57 nitrogen and oxygen atoms in total. The summed E-state index contributed by atoms with van der Waals surface area (Å²) in [4.78, 5) is 194. The van der Waals surface area contributed by atoms with Gasteiger partial charge in [0.25, 0.3) is 33.4 Å². The fourth-order valence-electron chi connectivity index (χ4n) is 14.7. The summed E-state index contributed by atoms with van der Waals surface area (Å²) < 4.78 is 152. The van der Waals surface area contributed by atoms with Crippen molar-refractivity contribution in [1.29, 1.82) is 0 Å². The minimum atomic E-state index is -5.64. The van der Waals surface area contributed by atoms with E-state index in [-0.39, 0.29) is 92.9 Å². The number of ether oxygens (including phenoxy) is 7. The number of anilines is 4. The van der Waals surface area contributed by atoms with Crippen LogP contribution in [0.5, 0.6) is 0 Å². The first-order valence-electron chi connectivity index (χ1n) is 36.4. The second-order valence-corrected chi connectivity index (χ2v) is 34.1. The summed E-state index contributed by atoms with van der Waals surface area (Å²) in [5.41, 5.74) is 16.2. The third kappa shape index (κ3) is 17.7. The molecule has 16 heterocycles. The number of aliphatic hydroxyl groups excluding tert-OH is 2. The third-order valence-electron chi connectivity index (χ3n) is 20.4. The fraction of sp³-hybridized carbons (Fsp3) is 0.533. The van der Waals surface area contributed by atoms with Crippen LogP contribution in [0, 0.1) is 13.8 Å². The highest BCUT2D eigenvalue weighted by Crippen LogP contribution is 2.56. The van der Waals surface area contributed by atoms with Gasteiger partial charge in [0.2, 0.25) is 23.8 Å². The van der Waals surface area contributed by atoms with Crippen LogP contribution < -0.4 is 67.7 Å². The number of nitrogens with two attached hydrogens (primary N) is 4. The number of hydrogen-bond acceptors (Lipinski definition) is 41. The normalized spacial score (nSPS) is 29.1. The molecule has 4 unspecified atom stereocenters. The van der Waals surface area contributed by atoms with E-state index in [0.717, 1.165) is 32.7 Å². The van der Waals surface area contributed by atoms with Crippen molar-refractivity contribution >= 4 is 99.7 Å². The Balaban J connectivity index is 0.628. The van der Waals surface area contributed by atoms with Crippen LogP contribution in [0.3, 0.4) is 0 Å². The molecule has 10 aromatic heterocycles. The van der Waals surface area contributed by atoms with Crippen molar-refractivity contribution in [3.63, 3.8) is 0 Å². The Morgan fingerprint density at radius 2 is 0.645 bits per heavy atom. The highest BCUT2D eigenvalue weighted by Gasteiger charge is 2.51. The highest BCUT2D eigenvalue weighted by atomic mass is 31.2. The van der Waals surface area contributed by atoms with Crippen LogP contribution in [0.1, 0.15) is 87.0 Å². The zero-order chi connectivity index (χ0) is 85.8. The van der Waals surface area contributed by atoms with Crippen LogP contribution in [0.25, 0.3) is 44.7 Å². The molecule has 22 atom stereocenters. The van der Waals surface area contributed by atoms with Crippen LogP contribution in [0.2, 0.25) is 0 Å². The van der Waals surface area contributed by atoms with E-state index in [0.29, 0.717) is 0 Å². The Labute approximate surface area is 669 Å². The number of H-pyrrole nitrogens is 6. The van der Waals surface area contributed by atoms with Gasteiger partial charge in [-0.3, -0.25) is 122 Å². The van der Waals surface area contributed by atoms with E-state index in [1.807, 2.05) is 0 Å². The van der Waals surface area contributed by atoms with Crippen molar-refractivity contribution in [3.8, 4) is 0 Å². The minimum absolute atomic E-state index is 0.0414. The van der Waals surface area contributed by atoms with Crippen molar-refractivity contribution in [2.45, 2.75) is 163 Å². The molecule has 16 rings (SSSR count). The molecule has 652 valence electrons. The molecule has 6 fully saturated rings. The van der Waals surface area contributed by atoms with Crippen molar-refractivity contribution in [3.05, 3.63) is 132 Å². The number of aliphatic hydroxyl groups is 2. The number of nitrogens with zero attached hydrogens (tertiary/aromatic N) is 14. The van der Waals surface area contributed by atoms with Gasteiger partial charge < -0.3 is 85.9 Å². The predicted octanol–water partition coefficient (Wildman–Crippen LogP) is -3.96. The molecule has 61 heteroatoms. The second-order valence-electron chi connectivity index (χ2n) is 28.5. The molecule has 6 aliphatic rings. The maximum Gasteiger partial charge on any atom is 0.472 e. The highest BCUT2D eigenvalue weighted by molar-refractivity contribution is 7.48. The Morgan fingerprint density at radius 3 is 0.959 bits per heavy atom. The topological polar surface area (TPSA) is 796 Å². The van der Waals surface area contributed by atoms with Gasteiger partial charge in [-0.25, -0.2) is 47.8 Å². The number of aryl methyl sites for hydroxylation is 2. The smallest absolute Gasteiger partial charge is 0.394 e. The van der Waals surface area contributed by atoms with E-state index in [1.165, 1.54) is 46.3 Å². The molecule has 20 N–H and O–H groups in total. The molecule has 6 saturated heterocycles. The van der Waals surface area contributed by atoms with E-state index >= 15 is 0 Å². The lowest BCUT2D eigenvalue weighted by molar-refractivity contribution is -0.102. The first-order chi connectivity index (χ1) is 57.4. The van der Waals surface area contributed by atoms with Gasteiger partial charge >= 0.3 is 42.7 Å². The number of nitrogen functional groups attached to an aromatic ring is 4. The largest absolute Gasteiger partial charge is 0.472 e. The van der Waals surface area contributed by atoms with Crippen molar-refractivity contribution < 1.29 is 117 Å². The van der Waals surface area contributed by atoms with Gasteiger partial charge in [0, 0.05) is 62.0 Å². The predicted molar refractivity (Wildman–Crippen MR) is 399 cm³/mol. The lowest BCUT2D eigenvalue weighted by Gasteiger charge is -2.26. The maximum absolute atomic E-state index is 14.6. The van der Waals surface area contributed by atoms with Gasteiger partial charge in [-0.2, -0.15) is 19.9 Å². The molecular formula is C60H74N24O33P4. The Hall–Kier alpha value is -9.96. The van der Waals surface area contributed by atoms with Crippen molar-refractivity contribution in [1.82, 2.24) is 97.2 Å². The van der Waals surface area contributed by atoms with E-state index in [2.05, 4.69) is 69.8 Å². The molecule has 121 heavy (non-hydrogen) atoms. The van der Waals surface area contributed by atoms with Crippen molar-refractivity contribution in [2.75, 3.05) is 62.6 Å². The van der Waals surface area contributed by atoms with E-state index < -0.39 is 251 Å². The summed E-state index contributed by atoms with van der Waals surface area (Å²) in [6, 6.07) is 0. The number of phosphoric ester groups is 4. The molecule has 0 bridgehead atoms. The van der Waals surface area contributed by atoms with Crippen LogP contribution in [-0.4, -0.2) is 240 Å². The molecule has 6 aliphatic heterocycles. The maximum atomic E-state index is 14.6. The van der Waals surface area contributed by atoms with Gasteiger partial charge in [-0.1, -0.05) is 0 Å². The van der Waals surface area contributed by atoms with Gasteiger partial charge in [-0.05, 0) is 13.8 Å². The van der Waals surface area contributed by atoms with Crippen LogP contribution in [-0.2, 0) is 87.6 Å². The van der Waals surface area contributed by atoms with Gasteiger partial charge in [0.1, 0.15) is 98.4 Å². The van der Waals surface area contributed by atoms with E-state index in [4.69, 9.17) is 92.3 Å². The van der Waals surface area contributed by atoms with Crippen LogP contribution in [0.4, 0.5) is 23.8 Å². The number of imidazole rings is 4. The van der Waals surface area contributed by atoms with Crippen molar-refractivity contribution in [2.24, 2.45) is 0 Å². The fourth-order valence-corrected chi connectivity index (χ4v) is 18.5. The number of hydrogen-bond donors (Lipinski definition) is 16. The average Bonchev–Trinajstić information content (AvgIpc) is 1.63. The summed E-state index contributed by atoms with van der Waals surface area (Å²) >= 11 is 0. The molecule has 0 aliphatic carbocycles. The van der Waals surface area contributed by atoms with Crippen LogP contribution in [0.15, 0.2) is 76.1 Å². The number of nitrogens with one attached hydrogen (secondary N) is 6. The van der Waals surface area contributed by atoms with E-state index in [9.17, 15) is 86.4 Å². The SMILES string of the molecule is Cc1cn([C@H]2C[C@H](OP(=O)(O)OC[C@H]3O[C@@H](n4cnc5c(=O)[nH]c(N)nc54)C[C@@H]3OP(=O)(O)OC[C@H]3O[C@@H](n4cnc5c(=O)[nH]c(N)nc54)C[C@@H]3OP(=O)(O)OC[C@H]3O[C@@H](n4cnc5c(=O)[nH]c(N)nc54)C[C@@H]3OP(=O)(O)OC[C@H]3O[C@@H](n4cnc5c(=O)[nH]c(N)nc54)C[C@@H]3OC[C@H]3O[C@@H](n4cc(C)c(=O)[nH]c4=O)C[C@@H]3O)[C@@H](CO)O2)c(=O)[nH]c1=O. The number of phosphoric acid groups is 4. The summed E-state index contributed by atoms with van der Waals surface area (Å²) in [7, 11) is -22.1. The standard InChI is InChI=1S/C60H74N24O33P4/c1-21-9-79(59(93)77-49(21)87)35-3-23(86)30(109-35)12-103-24-4-37(81-17-65-41-45(81)69-55(61)73-51(41)89)110-31(24)13-104-119(97,98)115-26-6-38(82-18-66-42-46(82)70-56(62)74-52(42)90)112-33(26)15-106-121(101,102)117-28-8-40(84-20-68-44-48(84)72-58(64)76-54(44)92)113-34(28)16-107-120(99,100)116-27-7-39(83-19-67-43-47(83)71-57(63)75-53(43)91)111-32(27)14-105-118(95,96)114-25-5-36(108-29(25)11-85)80-10-22(2)50(88)78-60(80)94/h9-10,17-20,23-40,85-86H,3-8,11-16H2,1-2H3,(H,95,96)(H,97,98)(H,99,100)(H,101,102)(H,77,87,93)(H,78,88,94)(H3,61,69,73,89)(H3,62,70,74,90)(H3,63,71,75,91)(H3,64,72,76,92)/t23-,24-,25-,26-,27-,28-,29+,30+,31+,32+,33+,34+,35+,36+,37+,38+,39+,40+/m0/s1. The Bertz CT molecular complexity index is 6380. The number of aromatic nitrogens is 20. The summed E-state index contributed by atoms with van der Waals surface area (Å²) in [5.74, 6) is -1.42. The number of rotatable bonds is 30. The molecule has 10 aromatic rings. The van der Waals surface area contributed by atoms with E-state index in [1.54, 1.807) is 0 Å². The zero-order valence-corrected chi connectivity index (χ0v) is 66.0. The minimum Gasteiger partial charge on any atom is -0.394 e. The number of fused-ring (bicyclic) bond motifs is 4. The molecule has 0 saturated carbocycles. The second kappa shape index (κ2) is 33.0. The summed E-state index contributed by atoms with van der Waals surface area (Å²) in [5, 5.41) is 21.4. The quantitative estimate of drug-likeness (QED) is 0.0191. The first kappa shape index (κ1) is 84.6. The molecule has 0 aromatic carbocycles. The molecule has 0 radical (unpaired) electrons. The van der Waals surface area contributed by atoms with Gasteiger partial charge in [-0.15, -0.1) is 0 Å². The molecular weight excluding hydrogens is 1710 g/mol. The molecule has 0 amide bonds. The summed E-state index contributed by atoms with van der Waals surface area (Å²) in [6.07, 6.45) is -20.9. The first-order valence-corrected chi connectivity index (χ1v) is 42.4.